The van der Waals surface area contributed by atoms with Crippen molar-refractivity contribution in [3.8, 4) is 0 Å². The van der Waals surface area contributed by atoms with Gasteiger partial charge in [-0.2, -0.15) is 0 Å². The van der Waals surface area contributed by atoms with Gasteiger partial charge in [0, 0.05) is 23.8 Å². The molecule has 1 aromatic heterocycles. The summed E-state index contributed by atoms with van der Waals surface area (Å²) in [5.74, 6) is 0.165. The summed E-state index contributed by atoms with van der Waals surface area (Å²) in [5.41, 5.74) is 0.855. The average molecular weight is 394 g/mol. The predicted octanol–water partition coefficient (Wildman–Crippen LogP) is 1.64. The highest BCUT2D eigenvalue weighted by molar-refractivity contribution is 6.09. The normalized spacial score (nSPS) is 27.8. The van der Waals surface area contributed by atoms with Crippen molar-refractivity contribution >= 4 is 17.5 Å². The number of hydrogen-bond donors (Lipinski definition) is 2. The molecule has 2 fully saturated rings. The maximum absolute atomic E-state index is 13.4. The van der Waals surface area contributed by atoms with Crippen molar-refractivity contribution in [1.82, 2.24) is 25.0 Å². The Bertz CT molecular complexity index is 956. The number of hydrogen-bond acceptors (Lipinski definition) is 5. The third-order valence-corrected chi connectivity index (χ3v) is 6.67. The molecule has 3 aliphatic heterocycles. The summed E-state index contributed by atoms with van der Waals surface area (Å²) in [6, 6.07) is 8.06. The van der Waals surface area contributed by atoms with E-state index in [9.17, 15) is 9.59 Å². The molecule has 3 atom stereocenters. The highest BCUT2D eigenvalue weighted by atomic mass is 16.2. The van der Waals surface area contributed by atoms with Gasteiger partial charge in [0.15, 0.2) is 5.82 Å². The molecular formula is C21H26N6O2. The quantitative estimate of drug-likeness (QED) is 0.804. The molecule has 152 valence electrons. The van der Waals surface area contributed by atoms with Crippen LogP contribution in [0.2, 0.25) is 0 Å². The summed E-state index contributed by atoms with van der Waals surface area (Å²) >= 11 is 0. The molecule has 4 heterocycles. The fraction of sp³-hybridized carbons (Fsp3) is 0.524. The number of aryl methyl sites for hydroxylation is 1. The molecule has 2 aromatic rings. The molecule has 0 bridgehead atoms. The van der Waals surface area contributed by atoms with Crippen molar-refractivity contribution in [2.45, 2.75) is 57.3 Å². The van der Waals surface area contributed by atoms with Gasteiger partial charge in [-0.25, -0.2) is 0 Å². The van der Waals surface area contributed by atoms with Gasteiger partial charge in [-0.05, 0) is 38.3 Å². The molecule has 1 aromatic carbocycles. The molecule has 29 heavy (non-hydrogen) atoms. The van der Waals surface area contributed by atoms with E-state index >= 15 is 0 Å². The Morgan fingerprint density at radius 3 is 3.10 bits per heavy atom. The van der Waals surface area contributed by atoms with Gasteiger partial charge in [0.2, 0.25) is 11.8 Å². The maximum atomic E-state index is 13.4. The first-order valence-electron chi connectivity index (χ1n) is 10.5. The van der Waals surface area contributed by atoms with Crippen LogP contribution in [-0.2, 0) is 28.2 Å². The van der Waals surface area contributed by atoms with Gasteiger partial charge < -0.3 is 15.2 Å². The van der Waals surface area contributed by atoms with E-state index in [-0.39, 0.29) is 17.9 Å². The molecule has 0 saturated carbocycles. The third-order valence-electron chi connectivity index (χ3n) is 6.67. The fourth-order valence-corrected chi connectivity index (χ4v) is 5.51. The highest BCUT2D eigenvalue weighted by Gasteiger charge is 2.65. The van der Waals surface area contributed by atoms with Gasteiger partial charge in [-0.15, -0.1) is 10.2 Å². The number of carbonyl (C=O) groups excluding carboxylic acids is 2. The number of fused-ring (bicyclic) bond motifs is 4. The number of anilines is 1. The zero-order valence-corrected chi connectivity index (χ0v) is 16.6. The number of rotatable bonds is 5. The predicted molar refractivity (Wildman–Crippen MR) is 107 cm³/mol. The SMILES string of the molecule is CCCn1cnnc1CNC(=O)[C@@H]1C[C@H]2CCCN2[C@]12C(=O)Nc1ccccc12. The van der Waals surface area contributed by atoms with Gasteiger partial charge in [-0.3, -0.25) is 14.5 Å². The first-order valence-corrected chi connectivity index (χ1v) is 10.5. The van der Waals surface area contributed by atoms with Gasteiger partial charge >= 0.3 is 0 Å². The second-order valence-corrected chi connectivity index (χ2v) is 8.20. The number of aromatic nitrogens is 3. The van der Waals surface area contributed by atoms with Crippen LogP contribution < -0.4 is 10.6 Å². The second-order valence-electron chi connectivity index (χ2n) is 8.20. The van der Waals surface area contributed by atoms with Crippen molar-refractivity contribution in [3.63, 3.8) is 0 Å². The summed E-state index contributed by atoms with van der Waals surface area (Å²) < 4.78 is 1.96. The van der Waals surface area contributed by atoms with Crippen molar-refractivity contribution in [1.29, 1.82) is 0 Å². The summed E-state index contributed by atoms with van der Waals surface area (Å²) in [6.45, 7) is 4.07. The van der Waals surface area contributed by atoms with E-state index in [0.717, 1.165) is 49.4 Å². The molecule has 8 heteroatoms. The first kappa shape index (κ1) is 18.3. The van der Waals surface area contributed by atoms with Crippen LogP contribution in [0.4, 0.5) is 5.69 Å². The maximum Gasteiger partial charge on any atom is 0.250 e. The zero-order chi connectivity index (χ0) is 20.0. The molecule has 2 amide bonds. The summed E-state index contributed by atoms with van der Waals surface area (Å²) in [4.78, 5) is 29.0. The Balaban J connectivity index is 1.45. The Labute approximate surface area is 169 Å². The Morgan fingerprint density at radius 1 is 1.38 bits per heavy atom. The monoisotopic (exact) mass is 394 g/mol. The smallest absolute Gasteiger partial charge is 0.250 e. The Morgan fingerprint density at radius 2 is 2.24 bits per heavy atom. The van der Waals surface area contributed by atoms with Crippen LogP contribution in [0.1, 0.15) is 44.0 Å². The highest BCUT2D eigenvalue weighted by Crippen LogP contribution is 2.55. The van der Waals surface area contributed by atoms with E-state index in [1.165, 1.54) is 0 Å². The van der Waals surface area contributed by atoms with E-state index in [1.54, 1.807) is 6.33 Å². The molecule has 8 nitrogen and oxygen atoms in total. The largest absolute Gasteiger partial charge is 0.348 e. The van der Waals surface area contributed by atoms with Gasteiger partial charge in [0.1, 0.15) is 11.9 Å². The lowest BCUT2D eigenvalue weighted by molar-refractivity contribution is -0.137. The summed E-state index contributed by atoms with van der Waals surface area (Å²) in [7, 11) is 0. The zero-order valence-electron chi connectivity index (χ0n) is 16.6. The molecule has 2 saturated heterocycles. The van der Waals surface area contributed by atoms with Crippen LogP contribution in [0.5, 0.6) is 0 Å². The van der Waals surface area contributed by atoms with E-state index in [1.807, 2.05) is 28.8 Å². The van der Waals surface area contributed by atoms with Crippen molar-refractivity contribution < 1.29 is 9.59 Å². The van der Waals surface area contributed by atoms with Gasteiger partial charge in [-0.1, -0.05) is 25.1 Å². The van der Waals surface area contributed by atoms with Crippen molar-refractivity contribution in [2.24, 2.45) is 5.92 Å². The number of para-hydroxylation sites is 1. The third kappa shape index (κ3) is 2.62. The minimum atomic E-state index is -0.904. The van der Waals surface area contributed by atoms with E-state index < -0.39 is 11.5 Å². The lowest BCUT2D eigenvalue weighted by Crippen LogP contribution is -2.54. The number of carbonyl (C=O) groups is 2. The van der Waals surface area contributed by atoms with E-state index in [4.69, 9.17) is 0 Å². The van der Waals surface area contributed by atoms with Crippen LogP contribution in [0.3, 0.4) is 0 Å². The topological polar surface area (TPSA) is 92.2 Å². The summed E-state index contributed by atoms with van der Waals surface area (Å²) in [5, 5.41) is 14.2. The Hall–Kier alpha value is -2.74. The van der Waals surface area contributed by atoms with Gasteiger partial charge in [0.05, 0.1) is 12.5 Å². The van der Waals surface area contributed by atoms with Crippen LogP contribution in [0.25, 0.3) is 0 Å². The van der Waals surface area contributed by atoms with Crippen LogP contribution in [-0.4, -0.2) is 44.1 Å². The van der Waals surface area contributed by atoms with E-state index in [0.29, 0.717) is 13.0 Å². The van der Waals surface area contributed by atoms with Crippen molar-refractivity contribution in [2.75, 3.05) is 11.9 Å². The second kappa shape index (κ2) is 6.95. The number of amides is 2. The first-order chi connectivity index (χ1) is 14.2. The van der Waals surface area contributed by atoms with Gasteiger partial charge in [0.25, 0.3) is 0 Å². The molecule has 0 aliphatic carbocycles. The number of nitrogens with one attached hydrogen (secondary N) is 2. The van der Waals surface area contributed by atoms with Crippen LogP contribution in [0, 0.1) is 5.92 Å². The summed E-state index contributed by atoms with van der Waals surface area (Å²) in [6.07, 6.45) is 5.47. The lowest BCUT2D eigenvalue weighted by Gasteiger charge is -2.36. The molecule has 3 aliphatic rings. The molecular weight excluding hydrogens is 368 g/mol. The molecule has 1 spiro atoms. The molecule has 2 N–H and O–H groups in total. The fourth-order valence-electron chi connectivity index (χ4n) is 5.51. The van der Waals surface area contributed by atoms with E-state index in [2.05, 4.69) is 32.7 Å². The molecule has 0 unspecified atom stereocenters. The van der Waals surface area contributed by atoms with Crippen molar-refractivity contribution in [3.05, 3.63) is 42.0 Å². The average Bonchev–Trinajstić information content (AvgIpc) is 3.46. The lowest BCUT2D eigenvalue weighted by atomic mass is 9.78. The minimum absolute atomic E-state index is 0.0719. The molecule has 0 radical (unpaired) electrons. The van der Waals surface area contributed by atoms with Crippen LogP contribution in [0.15, 0.2) is 30.6 Å². The standard InChI is InChI=1S/C21H26N6O2/c1-2-9-26-13-23-25-18(26)12-22-19(28)16-11-14-6-5-10-27(14)21(16)15-7-3-4-8-17(15)24-20(21)29/h3-4,7-8,13-14,16H,2,5-6,9-12H2,1H3,(H,22,28)(H,24,29)/t14-,16+,21+/m1/s1. The Kier molecular flexibility index (Phi) is 4.38. The number of benzene rings is 1. The van der Waals surface area contributed by atoms with Crippen LogP contribution >= 0.6 is 0 Å². The minimum Gasteiger partial charge on any atom is -0.348 e. The number of nitrogens with zero attached hydrogens (tertiary/aromatic N) is 4. The molecule has 5 rings (SSSR count).